The Kier molecular flexibility index (Phi) is 3.29. The Hall–Kier alpha value is 0.110. The lowest BCUT2D eigenvalue weighted by Crippen LogP contribution is -2.04. The van der Waals surface area contributed by atoms with Gasteiger partial charge >= 0.3 is 7.82 Å². The molecule has 0 bridgehead atoms. The van der Waals surface area contributed by atoms with Crippen LogP contribution in [0.4, 0.5) is 0 Å². The van der Waals surface area contributed by atoms with Crippen molar-refractivity contribution in [2.75, 3.05) is 6.61 Å². The Morgan fingerprint density at radius 3 is 2.58 bits per heavy atom. The Labute approximate surface area is 72.2 Å². The molecular weight excluding hydrogens is 179 g/mol. The minimum absolute atomic E-state index is 0.203. The summed E-state index contributed by atoms with van der Waals surface area (Å²) in [6, 6.07) is 0. The van der Waals surface area contributed by atoms with Gasteiger partial charge in [0.05, 0.1) is 6.61 Å². The van der Waals surface area contributed by atoms with Crippen LogP contribution in [0.15, 0.2) is 0 Å². The van der Waals surface area contributed by atoms with Gasteiger partial charge in [-0.2, -0.15) is 0 Å². The summed E-state index contributed by atoms with van der Waals surface area (Å²) in [6.07, 6.45) is 3.20. The van der Waals surface area contributed by atoms with E-state index in [9.17, 15) is 4.57 Å². The fourth-order valence-corrected chi connectivity index (χ4v) is 2.08. The third-order valence-corrected chi connectivity index (χ3v) is 2.77. The number of rotatable bonds is 3. The molecule has 0 aromatic rings. The summed E-state index contributed by atoms with van der Waals surface area (Å²) in [5.74, 6) is 1.02. The molecule has 4 nitrogen and oxygen atoms in total. The molecule has 72 valence electrons. The lowest BCUT2D eigenvalue weighted by molar-refractivity contribution is 0.168. The maximum Gasteiger partial charge on any atom is 0.469 e. The van der Waals surface area contributed by atoms with E-state index < -0.39 is 7.82 Å². The fourth-order valence-electron chi connectivity index (χ4n) is 1.68. The van der Waals surface area contributed by atoms with Crippen LogP contribution in [0.25, 0.3) is 0 Å². The van der Waals surface area contributed by atoms with E-state index in [1.165, 1.54) is 0 Å². The number of phosphoric ester groups is 1. The van der Waals surface area contributed by atoms with Crippen molar-refractivity contribution in [3.63, 3.8) is 0 Å². The standard InChI is InChI=1S/C7H15O4P/c1-6-2-3-7(4-6)5-11-12(8,9)10/h6-7H,2-5H2,1H3,(H2,8,9,10)/t6-,7+/m0/s1. The molecule has 0 aromatic heterocycles. The van der Waals surface area contributed by atoms with Gasteiger partial charge < -0.3 is 9.79 Å². The molecule has 0 aliphatic heterocycles. The van der Waals surface area contributed by atoms with Crippen LogP contribution in [0.1, 0.15) is 26.2 Å². The van der Waals surface area contributed by atoms with Crippen LogP contribution in [0.2, 0.25) is 0 Å². The molecule has 1 fully saturated rings. The molecule has 0 radical (unpaired) electrons. The summed E-state index contributed by atoms with van der Waals surface area (Å²) in [5, 5.41) is 0. The second kappa shape index (κ2) is 3.88. The third-order valence-electron chi connectivity index (χ3n) is 2.28. The van der Waals surface area contributed by atoms with E-state index in [1.54, 1.807) is 0 Å². The van der Waals surface area contributed by atoms with Crippen molar-refractivity contribution in [1.29, 1.82) is 0 Å². The zero-order chi connectivity index (χ0) is 9.19. The molecule has 0 spiro atoms. The first-order valence-electron chi connectivity index (χ1n) is 4.17. The topological polar surface area (TPSA) is 66.8 Å². The van der Waals surface area contributed by atoms with Gasteiger partial charge in [-0.25, -0.2) is 4.57 Å². The average molecular weight is 194 g/mol. The van der Waals surface area contributed by atoms with Gasteiger partial charge in [-0.3, -0.25) is 4.52 Å². The van der Waals surface area contributed by atoms with Crippen LogP contribution in [0.3, 0.4) is 0 Å². The molecule has 1 aliphatic rings. The molecule has 0 amide bonds. The summed E-state index contributed by atoms with van der Waals surface area (Å²) in [7, 11) is -4.24. The van der Waals surface area contributed by atoms with Crippen LogP contribution >= 0.6 is 7.82 Å². The first-order chi connectivity index (χ1) is 5.47. The van der Waals surface area contributed by atoms with E-state index in [2.05, 4.69) is 11.4 Å². The van der Waals surface area contributed by atoms with Crippen LogP contribution in [-0.2, 0) is 9.09 Å². The van der Waals surface area contributed by atoms with Crippen LogP contribution in [0.5, 0.6) is 0 Å². The summed E-state index contributed by atoms with van der Waals surface area (Å²) >= 11 is 0. The lowest BCUT2D eigenvalue weighted by Gasteiger charge is -2.10. The van der Waals surface area contributed by atoms with E-state index in [0.29, 0.717) is 11.8 Å². The van der Waals surface area contributed by atoms with Crippen molar-refractivity contribution in [2.45, 2.75) is 26.2 Å². The fraction of sp³-hybridized carbons (Fsp3) is 1.00. The molecule has 0 saturated heterocycles. The van der Waals surface area contributed by atoms with E-state index in [1.807, 2.05) is 0 Å². The summed E-state index contributed by atoms with van der Waals surface area (Å²) in [6.45, 7) is 2.35. The van der Waals surface area contributed by atoms with Gasteiger partial charge in [0, 0.05) is 0 Å². The predicted octanol–water partition coefficient (Wildman–Crippen LogP) is 1.53. The number of phosphoric acid groups is 1. The van der Waals surface area contributed by atoms with Crippen molar-refractivity contribution in [3.05, 3.63) is 0 Å². The van der Waals surface area contributed by atoms with Crippen LogP contribution < -0.4 is 0 Å². The van der Waals surface area contributed by atoms with Gasteiger partial charge in [0.25, 0.3) is 0 Å². The van der Waals surface area contributed by atoms with Crippen molar-refractivity contribution >= 4 is 7.82 Å². The average Bonchev–Trinajstić information content (AvgIpc) is 2.30. The Balaban J connectivity index is 2.21. The lowest BCUT2D eigenvalue weighted by atomic mass is 10.1. The Morgan fingerprint density at radius 2 is 2.17 bits per heavy atom. The van der Waals surface area contributed by atoms with Crippen molar-refractivity contribution in [1.82, 2.24) is 0 Å². The molecule has 2 N–H and O–H groups in total. The van der Waals surface area contributed by atoms with Crippen LogP contribution in [-0.4, -0.2) is 16.4 Å². The molecule has 0 unspecified atom stereocenters. The molecule has 2 atom stereocenters. The van der Waals surface area contributed by atoms with Gasteiger partial charge in [-0.15, -0.1) is 0 Å². The van der Waals surface area contributed by atoms with E-state index in [0.717, 1.165) is 19.3 Å². The molecular formula is C7H15O4P. The van der Waals surface area contributed by atoms with Gasteiger partial charge in [0.2, 0.25) is 0 Å². The zero-order valence-electron chi connectivity index (χ0n) is 7.14. The minimum Gasteiger partial charge on any atom is -0.303 e. The van der Waals surface area contributed by atoms with Crippen molar-refractivity contribution in [2.24, 2.45) is 11.8 Å². The van der Waals surface area contributed by atoms with Crippen LogP contribution in [0, 0.1) is 11.8 Å². The highest BCUT2D eigenvalue weighted by atomic mass is 31.2. The Morgan fingerprint density at radius 1 is 1.50 bits per heavy atom. The van der Waals surface area contributed by atoms with Gasteiger partial charge in [-0.1, -0.05) is 13.3 Å². The molecule has 0 aromatic carbocycles. The molecule has 5 heteroatoms. The molecule has 12 heavy (non-hydrogen) atoms. The molecule has 1 saturated carbocycles. The quantitative estimate of drug-likeness (QED) is 0.668. The highest BCUT2D eigenvalue weighted by molar-refractivity contribution is 7.46. The molecule has 1 rings (SSSR count). The van der Waals surface area contributed by atoms with Crippen molar-refractivity contribution < 1.29 is 18.9 Å². The maximum atomic E-state index is 10.3. The first-order valence-corrected chi connectivity index (χ1v) is 5.70. The zero-order valence-corrected chi connectivity index (χ0v) is 8.04. The summed E-state index contributed by atoms with van der Waals surface area (Å²) < 4.78 is 14.8. The first kappa shape index (κ1) is 10.2. The summed E-state index contributed by atoms with van der Waals surface area (Å²) in [5.41, 5.74) is 0. The largest absolute Gasteiger partial charge is 0.469 e. The Bertz CT molecular complexity index is 188. The highest BCUT2D eigenvalue weighted by Gasteiger charge is 2.24. The van der Waals surface area contributed by atoms with E-state index in [-0.39, 0.29) is 6.61 Å². The maximum absolute atomic E-state index is 10.3. The normalized spacial score (nSPS) is 30.9. The second-order valence-corrected chi connectivity index (χ2v) is 4.81. The third kappa shape index (κ3) is 3.68. The van der Waals surface area contributed by atoms with E-state index >= 15 is 0 Å². The highest BCUT2D eigenvalue weighted by Crippen LogP contribution is 2.39. The van der Waals surface area contributed by atoms with Gasteiger partial charge in [0.1, 0.15) is 0 Å². The van der Waals surface area contributed by atoms with Crippen molar-refractivity contribution in [3.8, 4) is 0 Å². The predicted molar refractivity (Wildman–Crippen MR) is 44.5 cm³/mol. The monoisotopic (exact) mass is 194 g/mol. The minimum atomic E-state index is -4.24. The van der Waals surface area contributed by atoms with E-state index in [4.69, 9.17) is 9.79 Å². The number of hydrogen-bond acceptors (Lipinski definition) is 2. The van der Waals surface area contributed by atoms with Gasteiger partial charge in [0.15, 0.2) is 0 Å². The smallest absolute Gasteiger partial charge is 0.303 e. The second-order valence-electron chi connectivity index (χ2n) is 3.57. The number of hydrogen-bond donors (Lipinski definition) is 2. The summed E-state index contributed by atoms with van der Waals surface area (Å²) in [4.78, 5) is 16.9. The van der Waals surface area contributed by atoms with Gasteiger partial charge in [-0.05, 0) is 24.7 Å². The molecule has 0 heterocycles. The molecule has 1 aliphatic carbocycles. The SMILES string of the molecule is C[C@H]1CC[C@@H](COP(=O)(O)O)C1.